The molecular weight excluding hydrogens is 302 g/mol. The number of anilines is 1. The van der Waals surface area contributed by atoms with Crippen molar-refractivity contribution in [3.05, 3.63) is 52.0 Å². The molecule has 2 aromatic rings. The first-order valence-electron chi connectivity index (χ1n) is 6.45. The molecule has 0 radical (unpaired) electrons. The lowest BCUT2D eigenvalue weighted by Gasteiger charge is -2.23. The molecule has 1 atom stereocenters. The number of benzene rings is 1. The maximum absolute atomic E-state index is 13.3. The normalized spacial score (nSPS) is 13.5. The smallest absolute Gasteiger partial charge is 0.377 e. The van der Waals surface area contributed by atoms with E-state index in [1.54, 1.807) is 0 Å². The molecule has 0 aliphatic heterocycles. The van der Waals surface area contributed by atoms with Gasteiger partial charge in [0.2, 0.25) is 0 Å². The quantitative estimate of drug-likeness (QED) is 0.712. The second-order valence-electron chi connectivity index (χ2n) is 5.07. The van der Waals surface area contributed by atoms with Gasteiger partial charge >= 0.3 is 6.18 Å². The minimum Gasteiger partial charge on any atom is -0.377 e. The molecule has 0 amide bonds. The third kappa shape index (κ3) is 3.75. The SMILES string of the molecule is CC(C)C(Nc1ccc(F)c(C(F)(F)F)c1)c1cccs1. The number of halogens is 4. The van der Waals surface area contributed by atoms with Crippen LogP contribution in [-0.2, 0) is 6.18 Å². The number of hydrogen-bond acceptors (Lipinski definition) is 2. The number of rotatable bonds is 4. The standard InChI is InChI=1S/C15H15F4NS/c1-9(2)14(13-4-3-7-21-13)20-10-5-6-12(16)11(8-10)15(17,18)19/h3-9,14,20H,1-2H3. The van der Waals surface area contributed by atoms with Gasteiger partial charge in [-0.15, -0.1) is 11.3 Å². The third-order valence-corrected chi connectivity index (χ3v) is 4.07. The molecule has 1 N–H and O–H groups in total. The molecular formula is C15H15F4NS. The van der Waals surface area contributed by atoms with Crippen LogP contribution in [0.25, 0.3) is 0 Å². The minimum atomic E-state index is -4.70. The molecule has 2 rings (SSSR count). The van der Waals surface area contributed by atoms with Crippen LogP contribution in [0.1, 0.15) is 30.3 Å². The molecule has 0 saturated carbocycles. The Morgan fingerprint density at radius 1 is 1.14 bits per heavy atom. The van der Waals surface area contributed by atoms with Crippen LogP contribution in [0.3, 0.4) is 0 Å². The van der Waals surface area contributed by atoms with Gasteiger partial charge in [0.05, 0.1) is 11.6 Å². The first-order chi connectivity index (χ1) is 9.79. The highest BCUT2D eigenvalue weighted by Gasteiger charge is 2.34. The van der Waals surface area contributed by atoms with E-state index in [1.807, 2.05) is 31.4 Å². The molecule has 1 unspecified atom stereocenters. The van der Waals surface area contributed by atoms with Gasteiger partial charge in [-0.05, 0) is 35.6 Å². The topological polar surface area (TPSA) is 12.0 Å². The second-order valence-corrected chi connectivity index (χ2v) is 6.05. The van der Waals surface area contributed by atoms with Gasteiger partial charge in [-0.1, -0.05) is 19.9 Å². The Labute approximate surface area is 124 Å². The molecule has 1 heterocycles. The lowest BCUT2D eigenvalue weighted by molar-refractivity contribution is -0.139. The number of alkyl halides is 3. The lowest BCUT2D eigenvalue weighted by Crippen LogP contribution is -2.16. The molecule has 0 saturated heterocycles. The molecule has 1 aromatic carbocycles. The van der Waals surface area contributed by atoms with E-state index in [4.69, 9.17) is 0 Å². The van der Waals surface area contributed by atoms with E-state index in [2.05, 4.69) is 5.32 Å². The fraction of sp³-hybridized carbons (Fsp3) is 0.333. The molecule has 114 valence electrons. The maximum Gasteiger partial charge on any atom is 0.419 e. The van der Waals surface area contributed by atoms with Crippen LogP contribution in [0.2, 0.25) is 0 Å². The Morgan fingerprint density at radius 3 is 2.38 bits per heavy atom. The lowest BCUT2D eigenvalue weighted by atomic mass is 10.0. The predicted octanol–water partition coefficient (Wildman–Crippen LogP) is 5.72. The summed E-state index contributed by atoms with van der Waals surface area (Å²) in [6, 6.07) is 6.69. The van der Waals surface area contributed by atoms with E-state index in [0.29, 0.717) is 0 Å². The zero-order valence-corrected chi connectivity index (χ0v) is 12.4. The molecule has 0 aliphatic carbocycles. The Bertz CT molecular complexity index is 590. The maximum atomic E-state index is 13.3. The Morgan fingerprint density at radius 2 is 1.86 bits per heavy atom. The molecule has 6 heteroatoms. The summed E-state index contributed by atoms with van der Waals surface area (Å²) in [5.41, 5.74) is -0.989. The summed E-state index contributed by atoms with van der Waals surface area (Å²) in [5, 5.41) is 4.98. The van der Waals surface area contributed by atoms with Crippen molar-refractivity contribution in [1.29, 1.82) is 0 Å². The van der Waals surface area contributed by atoms with Crippen LogP contribution in [0.4, 0.5) is 23.2 Å². The fourth-order valence-corrected chi connectivity index (χ4v) is 3.00. The average Bonchev–Trinajstić information content (AvgIpc) is 2.89. The van der Waals surface area contributed by atoms with E-state index < -0.39 is 17.6 Å². The Kier molecular flexibility index (Phi) is 4.56. The zero-order valence-electron chi connectivity index (χ0n) is 11.5. The van der Waals surface area contributed by atoms with Crippen molar-refractivity contribution in [3.63, 3.8) is 0 Å². The van der Waals surface area contributed by atoms with E-state index >= 15 is 0 Å². The highest BCUT2D eigenvalue weighted by atomic mass is 32.1. The van der Waals surface area contributed by atoms with E-state index in [1.165, 1.54) is 17.4 Å². The first kappa shape index (κ1) is 15.8. The summed E-state index contributed by atoms with van der Waals surface area (Å²) in [7, 11) is 0. The third-order valence-electron chi connectivity index (χ3n) is 3.11. The van der Waals surface area contributed by atoms with Crippen LogP contribution < -0.4 is 5.32 Å². The summed E-state index contributed by atoms with van der Waals surface area (Å²) in [6.45, 7) is 3.96. The number of nitrogens with one attached hydrogen (secondary N) is 1. The first-order valence-corrected chi connectivity index (χ1v) is 7.33. The van der Waals surface area contributed by atoms with Crippen LogP contribution in [-0.4, -0.2) is 0 Å². The van der Waals surface area contributed by atoms with Crippen molar-refractivity contribution < 1.29 is 17.6 Å². The van der Waals surface area contributed by atoms with Gasteiger partial charge in [-0.25, -0.2) is 4.39 Å². The summed E-state index contributed by atoms with van der Waals surface area (Å²) in [5.74, 6) is -1.08. The molecule has 1 aromatic heterocycles. The van der Waals surface area contributed by atoms with Gasteiger partial charge in [-0.2, -0.15) is 13.2 Å². The van der Waals surface area contributed by atoms with Gasteiger partial charge in [-0.3, -0.25) is 0 Å². The van der Waals surface area contributed by atoms with Crippen LogP contribution >= 0.6 is 11.3 Å². The predicted molar refractivity (Wildman–Crippen MR) is 76.9 cm³/mol. The van der Waals surface area contributed by atoms with Gasteiger partial charge in [0, 0.05) is 10.6 Å². The molecule has 0 aliphatic rings. The van der Waals surface area contributed by atoms with Crippen molar-refractivity contribution in [2.24, 2.45) is 5.92 Å². The van der Waals surface area contributed by atoms with Crippen LogP contribution in [0.5, 0.6) is 0 Å². The average molecular weight is 317 g/mol. The van der Waals surface area contributed by atoms with Crippen molar-refractivity contribution in [2.75, 3.05) is 5.32 Å². The van der Waals surface area contributed by atoms with Crippen LogP contribution in [0.15, 0.2) is 35.7 Å². The van der Waals surface area contributed by atoms with Crippen molar-refractivity contribution >= 4 is 17.0 Å². The van der Waals surface area contributed by atoms with E-state index in [0.717, 1.165) is 17.0 Å². The van der Waals surface area contributed by atoms with Gasteiger partial charge in [0.15, 0.2) is 0 Å². The van der Waals surface area contributed by atoms with Crippen molar-refractivity contribution in [2.45, 2.75) is 26.1 Å². The Hall–Kier alpha value is -1.56. The van der Waals surface area contributed by atoms with Crippen molar-refractivity contribution in [3.8, 4) is 0 Å². The molecule has 0 bridgehead atoms. The molecule has 0 fully saturated rings. The largest absolute Gasteiger partial charge is 0.419 e. The Balaban J connectivity index is 2.30. The summed E-state index contributed by atoms with van der Waals surface area (Å²) in [6.07, 6.45) is -4.70. The monoisotopic (exact) mass is 317 g/mol. The van der Waals surface area contributed by atoms with Gasteiger partial charge in [0.25, 0.3) is 0 Å². The summed E-state index contributed by atoms with van der Waals surface area (Å²) < 4.78 is 51.5. The number of thiophene rings is 1. The second kappa shape index (κ2) is 6.05. The van der Waals surface area contributed by atoms with E-state index in [9.17, 15) is 17.6 Å². The molecule has 1 nitrogen and oxygen atoms in total. The van der Waals surface area contributed by atoms with Crippen molar-refractivity contribution in [1.82, 2.24) is 0 Å². The fourth-order valence-electron chi connectivity index (χ4n) is 2.05. The minimum absolute atomic E-state index is 0.114. The van der Waals surface area contributed by atoms with E-state index in [-0.39, 0.29) is 17.6 Å². The summed E-state index contributed by atoms with van der Waals surface area (Å²) in [4.78, 5) is 1.03. The number of hydrogen-bond donors (Lipinski definition) is 1. The molecule has 0 spiro atoms. The zero-order chi connectivity index (χ0) is 15.6. The highest BCUT2D eigenvalue weighted by Crippen LogP contribution is 2.35. The van der Waals surface area contributed by atoms with Gasteiger partial charge in [0.1, 0.15) is 5.82 Å². The highest BCUT2D eigenvalue weighted by molar-refractivity contribution is 7.10. The molecule has 21 heavy (non-hydrogen) atoms. The summed E-state index contributed by atoms with van der Waals surface area (Å²) >= 11 is 1.53. The van der Waals surface area contributed by atoms with Crippen LogP contribution in [0, 0.1) is 11.7 Å². The van der Waals surface area contributed by atoms with Gasteiger partial charge < -0.3 is 5.32 Å².